The van der Waals surface area contributed by atoms with Crippen molar-refractivity contribution in [1.82, 2.24) is 14.9 Å². The third kappa shape index (κ3) is 2.80. The van der Waals surface area contributed by atoms with Gasteiger partial charge in [0.1, 0.15) is 6.04 Å². The summed E-state index contributed by atoms with van der Waals surface area (Å²) < 4.78 is 0. The summed E-state index contributed by atoms with van der Waals surface area (Å²) in [5, 5.41) is 10.2. The van der Waals surface area contributed by atoms with Crippen LogP contribution < -0.4 is 0 Å². The molecule has 0 bridgehead atoms. The number of carbonyl (C=O) groups excluding carboxylic acids is 1. The molecule has 1 aliphatic heterocycles. The van der Waals surface area contributed by atoms with Gasteiger partial charge in [0.15, 0.2) is 0 Å². The highest BCUT2D eigenvalue weighted by Gasteiger charge is 2.36. The quantitative estimate of drug-likeness (QED) is 0.868. The Labute approximate surface area is 142 Å². The highest BCUT2D eigenvalue weighted by atomic mass is 35.5. The number of imidazole rings is 1. The molecule has 1 amide bonds. The molecule has 120 valence electrons. The summed E-state index contributed by atoms with van der Waals surface area (Å²) in [7, 11) is 0. The molecule has 0 unspecified atom stereocenters. The maximum atomic E-state index is 12.8. The second-order valence-electron chi connectivity index (χ2n) is 5.38. The summed E-state index contributed by atoms with van der Waals surface area (Å²) in [6.07, 6.45) is 1.66. The molecule has 2 aromatic rings. The number of aromatic nitrogens is 2. The molecule has 2 N–H and O–H groups in total. The zero-order valence-electron chi connectivity index (χ0n) is 12.1. The number of carbonyl (C=O) groups is 2. The fourth-order valence-corrected chi connectivity index (χ4v) is 3.09. The number of rotatable bonds is 2. The van der Waals surface area contributed by atoms with Gasteiger partial charge >= 0.3 is 5.97 Å². The first kappa shape index (κ1) is 15.8. The lowest BCUT2D eigenvalue weighted by Crippen LogP contribution is -2.48. The molecule has 1 aromatic heterocycles. The van der Waals surface area contributed by atoms with Crippen molar-refractivity contribution in [3.8, 4) is 0 Å². The van der Waals surface area contributed by atoms with Crippen molar-refractivity contribution < 1.29 is 14.7 Å². The van der Waals surface area contributed by atoms with Crippen LogP contribution in [0.1, 0.15) is 27.3 Å². The number of aromatic amines is 1. The minimum absolute atomic E-state index is 0.147. The number of carboxylic acids is 1. The Hall–Kier alpha value is -2.05. The maximum absolute atomic E-state index is 12.8. The molecule has 0 aliphatic carbocycles. The zero-order valence-corrected chi connectivity index (χ0v) is 13.6. The molecule has 0 fully saturated rings. The van der Waals surface area contributed by atoms with E-state index in [-0.39, 0.29) is 18.5 Å². The van der Waals surface area contributed by atoms with E-state index < -0.39 is 17.9 Å². The number of H-pyrrole nitrogens is 1. The second kappa shape index (κ2) is 5.86. The van der Waals surface area contributed by atoms with Gasteiger partial charge in [0.2, 0.25) is 0 Å². The summed E-state index contributed by atoms with van der Waals surface area (Å²) in [6.45, 7) is 1.89. The fraction of sp³-hybridized carbons (Fsp3) is 0.267. The van der Waals surface area contributed by atoms with E-state index in [4.69, 9.17) is 23.2 Å². The van der Waals surface area contributed by atoms with Gasteiger partial charge in [0, 0.05) is 22.0 Å². The smallest absolute Gasteiger partial charge is 0.326 e. The van der Waals surface area contributed by atoms with E-state index in [1.807, 2.05) is 0 Å². The number of benzene rings is 1. The van der Waals surface area contributed by atoms with Crippen molar-refractivity contribution in [3.05, 3.63) is 51.0 Å². The molecule has 8 heteroatoms. The zero-order chi connectivity index (χ0) is 16.7. The molecular weight excluding hydrogens is 341 g/mol. The van der Waals surface area contributed by atoms with Crippen LogP contribution in [0.2, 0.25) is 10.0 Å². The molecule has 3 rings (SSSR count). The normalized spacial score (nSPS) is 17.0. The number of halogens is 2. The average molecular weight is 354 g/mol. The summed E-state index contributed by atoms with van der Waals surface area (Å²) in [4.78, 5) is 32.6. The minimum atomic E-state index is -1.07. The first-order valence-corrected chi connectivity index (χ1v) is 7.64. The van der Waals surface area contributed by atoms with Crippen LogP contribution >= 0.6 is 23.2 Å². The Kier molecular flexibility index (Phi) is 4.04. The highest BCUT2D eigenvalue weighted by molar-refractivity contribution is 6.36. The first-order chi connectivity index (χ1) is 10.9. The van der Waals surface area contributed by atoms with Gasteiger partial charge in [-0.05, 0) is 24.6 Å². The van der Waals surface area contributed by atoms with E-state index in [0.717, 1.165) is 5.69 Å². The van der Waals surface area contributed by atoms with Crippen LogP contribution in [0.5, 0.6) is 0 Å². The Balaban J connectivity index is 1.99. The molecular formula is C15H13Cl2N3O3. The SMILES string of the molecule is Cc1c(Cl)cc(C(=O)N2Cc3[nH]cnc3C[C@H]2C(=O)O)cc1Cl. The predicted molar refractivity (Wildman–Crippen MR) is 84.8 cm³/mol. The number of fused-ring (bicyclic) bond motifs is 1. The van der Waals surface area contributed by atoms with Gasteiger partial charge < -0.3 is 15.0 Å². The second-order valence-corrected chi connectivity index (χ2v) is 6.20. The molecule has 23 heavy (non-hydrogen) atoms. The van der Waals surface area contributed by atoms with Crippen LogP contribution in [0.4, 0.5) is 0 Å². The van der Waals surface area contributed by atoms with Crippen LogP contribution in [-0.2, 0) is 17.8 Å². The number of nitrogens with one attached hydrogen (secondary N) is 1. The van der Waals surface area contributed by atoms with Gasteiger partial charge in [0.05, 0.1) is 24.3 Å². The Bertz CT molecular complexity index is 780. The van der Waals surface area contributed by atoms with Gasteiger partial charge in [-0.25, -0.2) is 9.78 Å². The topological polar surface area (TPSA) is 86.3 Å². The van der Waals surface area contributed by atoms with E-state index in [1.165, 1.54) is 23.4 Å². The lowest BCUT2D eigenvalue weighted by atomic mass is 10.0. The van der Waals surface area contributed by atoms with Crippen molar-refractivity contribution in [2.24, 2.45) is 0 Å². The van der Waals surface area contributed by atoms with E-state index in [0.29, 0.717) is 21.3 Å². The van der Waals surface area contributed by atoms with Crippen molar-refractivity contribution in [2.45, 2.75) is 25.9 Å². The fourth-order valence-electron chi connectivity index (χ4n) is 2.60. The van der Waals surface area contributed by atoms with Crippen LogP contribution in [0.15, 0.2) is 18.5 Å². The third-order valence-electron chi connectivity index (χ3n) is 3.97. The van der Waals surface area contributed by atoms with Crippen molar-refractivity contribution in [2.75, 3.05) is 0 Å². The molecule has 2 heterocycles. The number of carboxylic acid groups (broad SMARTS) is 1. The van der Waals surface area contributed by atoms with Gasteiger partial charge in [-0.2, -0.15) is 0 Å². The monoisotopic (exact) mass is 353 g/mol. The summed E-state index contributed by atoms with van der Waals surface area (Å²) in [6, 6.07) is 2.04. The van der Waals surface area contributed by atoms with Gasteiger partial charge in [-0.3, -0.25) is 4.79 Å². The van der Waals surface area contributed by atoms with Crippen molar-refractivity contribution in [1.29, 1.82) is 0 Å². The number of nitrogens with zero attached hydrogens (tertiary/aromatic N) is 2. The molecule has 0 saturated heterocycles. The minimum Gasteiger partial charge on any atom is -0.480 e. The lowest BCUT2D eigenvalue weighted by Gasteiger charge is -2.32. The van der Waals surface area contributed by atoms with Gasteiger partial charge in [-0.1, -0.05) is 23.2 Å². The largest absolute Gasteiger partial charge is 0.480 e. The maximum Gasteiger partial charge on any atom is 0.326 e. The van der Waals surface area contributed by atoms with Crippen LogP contribution in [-0.4, -0.2) is 37.9 Å². The van der Waals surface area contributed by atoms with Gasteiger partial charge in [0.25, 0.3) is 5.91 Å². The summed E-state index contributed by atoms with van der Waals surface area (Å²) in [5.74, 6) is -1.50. The Morgan fingerprint density at radius 3 is 2.61 bits per heavy atom. The number of aliphatic carboxylic acids is 1. The Morgan fingerprint density at radius 2 is 2.00 bits per heavy atom. The van der Waals surface area contributed by atoms with Crippen molar-refractivity contribution >= 4 is 35.1 Å². The van der Waals surface area contributed by atoms with E-state index in [1.54, 1.807) is 6.92 Å². The molecule has 0 radical (unpaired) electrons. The molecule has 0 saturated carbocycles. The van der Waals surface area contributed by atoms with E-state index in [9.17, 15) is 14.7 Å². The molecule has 1 atom stereocenters. The molecule has 1 aliphatic rings. The lowest BCUT2D eigenvalue weighted by molar-refractivity contribution is -0.142. The Morgan fingerprint density at radius 1 is 1.35 bits per heavy atom. The van der Waals surface area contributed by atoms with Crippen LogP contribution in [0.3, 0.4) is 0 Å². The molecule has 0 spiro atoms. The van der Waals surface area contributed by atoms with Crippen molar-refractivity contribution in [3.63, 3.8) is 0 Å². The highest BCUT2D eigenvalue weighted by Crippen LogP contribution is 2.28. The number of hydrogen-bond acceptors (Lipinski definition) is 3. The predicted octanol–water partition coefficient (Wildman–Crippen LogP) is 2.68. The van der Waals surface area contributed by atoms with E-state index in [2.05, 4.69) is 9.97 Å². The van der Waals surface area contributed by atoms with Gasteiger partial charge in [-0.15, -0.1) is 0 Å². The summed E-state index contributed by atoms with van der Waals surface area (Å²) >= 11 is 12.2. The first-order valence-electron chi connectivity index (χ1n) is 6.89. The number of hydrogen-bond donors (Lipinski definition) is 2. The average Bonchev–Trinajstić information content (AvgIpc) is 2.97. The van der Waals surface area contributed by atoms with Crippen LogP contribution in [0, 0.1) is 6.92 Å². The number of amides is 1. The third-order valence-corrected chi connectivity index (χ3v) is 4.76. The molecule has 6 nitrogen and oxygen atoms in total. The molecule has 1 aromatic carbocycles. The van der Waals surface area contributed by atoms with E-state index >= 15 is 0 Å². The standard InChI is InChI=1S/C15H13Cl2N3O3/c1-7-9(16)2-8(3-10(7)17)14(21)20-5-12-11(18-6-19-12)4-13(20)15(22)23/h2-3,6,13H,4-5H2,1H3,(H,18,19)(H,22,23)/t13-/m0/s1. The van der Waals surface area contributed by atoms with Crippen LogP contribution in [0.25, 0.3) is 0 Å². The summed E-state index contributed by atoms with van der Waals surface area (Å²) in [5.41, 5.74) is 2.34.